The third-order valence-corrected chi connectivity index (χ3v) is 9.18. The summed E-state index contributed by atoms with van der Waals surface area (Å²) in [7, 11) is 0. The van der Waals surface area contributed by atoms with E-state index in [9.17, 15) is 4.39 Å². The van der Waals surface area contributed by atoms with Gasteiger partial charge in [-0.15, -0.1) is 20.4 Å². The zero-order valence-electron chi connectivity index (χ0n) is 25.5. The van der Waals surface area contributed by atoms with Gasteiger partial charge in [0.15, 0.2) is 23.0 Å². The van der Waals surface area contributed by atoms with E-state index < -0.39 is 11.6 Å². The maximum Gasteiger partial charge on any atom is 0.278 e. The zero-order chi connectivity index (χ0) is 31.4. The number of rotatable bonds is 7. The number of halogens is 1. The molecule has 0 saturated carbocycles. The van der Waals surface area contributed by atoms with Gasteiger partial charge in [0.05, 0.1) is 36.4 Å². The van der Waals surface area contributed by atoms with Crippen LogP contribution in [0, 0.1) is 24.1 Å². The number of ether oxygens (including phenoxy) is 3. The van der Waals surface area contributed by atoms with Crippen molar-refractivity contribution in [3.63, 3.8) is 0 Å². The summed E-state index contributed by atoms with van der Waals surface area (Å²) in [5.41, 5.74) is 3.67. The van der Waals surface area contributed by atoms with Gasteiger partial charge in [-0.2, -0.15) is 5.26 Å². The summed E-state index contributed by atoms with van der Waals surface area (Å²) in [4.78, 5) is 10.5. The van der Waals surface area contributed by atoms with E-state index in [2.05, 4.69) is 40.9 Å². The minimum absolute atomic E-state index is 0.145. The molecule has 0 radical (unpaired) electrons. The first kappa shape index (κ1) is 28.5. The highest BCUT2D eigenvalue weighted by Gasteiger charge is 2.43. The summed E-state index contributed by atoms with van der Waals surface area (Å²) in [6, 6.07) is 14.1. The smallest absolute Gasteiger partial charge is 0.278 e. The number of para-hydroxylation sites is 1. The monoisotopic (exact) mass is 621 g/mol. The molecule has 0 amide bonds. The van der Waals surface area contributed by atoms with Crippen molar-refractivity contribution in [3.05, 3.63) is 76.6 Å². The molecule has 5 aromatic rings. The Balaban J connectivity index is 0.997. The van der Waals surface area contributed by atoms with Crippen molar-refractivity contribution < 1.29 is 18.6 Å². The quantitative estimate of drug-likeness (QED) is 0.271. The molecule has 2 aromatic carbocycles. The number of nitrogens with zero attached hydrogens (tertiary/aromatic N) is 8. The minimum atomic E-state index is -1.32. The molecule has 1 unspecified atom stereocenters. The molecule has 0 aliphatic carbocycles. The number of hydrogen-bond acceptors (Lipinski definition) is 10. The average Bonchev–Trinajstić information content (AvgIpc) is 3.73. The van der Waals surface area contributed by atoms with E-state index in [-0.39, 0.29) is 23.1 Å². The highest BCUT2D eigenvalue weighted by atomic mass is 19.1. The van der Waals surface area contributed by atoms with Crippen LogP contribution in [0.3, 0.4) is 0 Å². The van der Waals surface area contributed by atoms with Crippen LogP contribution in [0.1, 0.15) is 60.4 Å². The molecular formula is C33H32FN9O3. The average molecular weight is 622 g/mol. The highest BCUT2D eigenvalue weighted by Crippen LogP contribution is 2.49. The van der Waals surface area contributed by atoms with E-state index in [0.29, 0.717) is 41.9 Å². The lowest BCUT2D eigenvalue weighted by Crippen LogP contribution is -2.35. The van der Waals surface area contributed by atoms with E-state index in [4.69, 9.17) is 24.5 Å². The Morgan fingerprint density at radius 3 is 2.63 bits per heavy atom. The Kier molecular flexibility index (Phi) is 6.92. The number of benzene rings is 2. The molecule has 13 heteroatoms. The van der Waals surface area contributed by atoms with E-state index in [0.717, 1.165) is 61.5 Å². The SMILES string of the molecule is Cc1nnc(-c2cc3nc(CN4CCC(c5cccc6c5OC(C)(c5ccc(C#N)cc5F)O6)CC4)n(C[C@@H]4CCO4)c3nn2)[nH]1. The second-order valence-corrected chi connectivity index (χ2v) is 12.3. The predicted octanol–water partition coefficient (Wildman–Crippen LogP) is 4.74. The standard InChI is InChI=1S/C33H32FN9O3/c1-19-36-31(40-38-19)26-15-27-32(41-39-26)43(17-22-10-13-44-22)29(37-27)18-42-11-8-21(9-12-42)23-4-3-5-28-30(23)46-33(2,45-28)24-7-6-20(16-35)14-25(24)34/h3-7,14-15,21-22H,8-13,17-18H2,1-2H3,(H,36,38,40)/t22-,33?/m0/s1. The van der Waals surface area contributed by atoms with Crippen LogP contribution in [0.4, 0.5) is 4.39 Å². The number of piperidine rings is 1. The third-order valence-electron chi connectivity index (χ3n) is 9.18. The Bertz CT molecular complexity index is 1990. The van der Waals surface area contributed by atoms with Gasteiger partial charge in [-0.25, -0.2) is 9.37 Å². The molecule has 0 bridgehead atoms. The lowest BCUT2D eigenvalue weighted by Gasteiger charge is -2.33. The van der Waals surface area contributed by atoms with Crippen LogP contribution in [-0.4, -0.2) is 65.6 Å². The number of likely N-dealkylation sites (tertiary alicyclic amines) is 1. The summed E-state index contributed by atoms with van der Waals surface area (Å²) in [6.45, 7) is 7.44. The first-order valence-electron chi connectivity index (χ1n) is 15.5. The molecule has 3 aromatic heterocycles. The van der Waals surface area contributed by atoms with Crippen molar-refractivity contribution >= 4 is 11.2 Å². The van der Waals surface area contributed by atoms with Gasteiger partial charge in [0, 0.05) is 19.1 Å². The predicted molar refractivity (Wildman–Crippen MR) is 163 cm³/mol. The number of imidazole rings is 1. The van der Waals surface area contributed by atoms with Crippen molar-refractivity contribution in [2.75, 3.05) is 19.7 Å². The molecule has 2 saturated heterocycles. The highest BCUT2D eigenvalue weighted by molar-refractivity contribution is 5.75. The fourth-order valence-electron chi connectivity index (χ4n) is 6.63. The summed E-state index contributed by atoms with van der Waals surface area (Å²) < 4.78 is 35.5. The molecule has 46 heavy (non-hydrogen) atoms. The van der Waals surface area contributed by atoms with Crippen molar-refractivity contribution in [2.45, 2.75) is 64.0 Å². The van der Waals surface area contributed by atoms with Crippen LogP contribution in [-0.2, 0) is 23.6 Å². The molecule has 3 aliphatic heterocycles. The van der Waals surface area contributed by atoms with Crippen molar-refractivity contribution in [3.8, 4) is 29.1 Å². The molecule has 234 valence electrons. The Morgan fingerprint density at radius 1 is 1.07 bits per heavy atom. The van der Waals surface area contributed by atoms with Gasteiger partial charge >= 0.3 is 0 Å². The van der Waals surface area contributed by atoms with Crippen LogP contribution in [0.25, 0.3) is 22.7 Å². The molecular weight excluding hydrogens is 589 g/mol. The molecule has 12 nitrogen and oxygen atoms in total. The maximum atomic E-state index is 15.0. The van der Waals surface area contributed by atoms with E-state index in [1.165, 1.54) is 6.07 Å². The Hall–Kier alpha value is -4.93. The van der Waals surface area contributed by atoms with Gasteiger partial charge in [-0.05, 0) is 75.5 Å². The summed E-state index contributed by atoms with van der Waals surface area (Å²) >= 11 is 0. The van der Waals surface area contributed by atoms with Crippen LogP contribution in [0.2, 0.25) is 0 Å². The van der Waals surface area contributed by atoms with Gasteiger partial charge in [0.1, 0.15) is 28.7 Å². The molecule has 6 heterocycles. The molecule has 3 aliphatic rings. The first-order chi connectivity index (χ1) is 22.4. The van der Waals surface area contributed by atoms with Gasteiger partial charge in [-0.3, -0.25) is 4.90 Å². The van der Waals surface area contributed by atoms with Crippen LogP contribution < -0.4 is 9.47 Å². The van der Waals surface area contributed by atoms with Crippen LogP contribution in [0.5, 0.6) is 11.5 Å². The molecule has 8 rings (SSSR count). The number of H-pyrrole nitrogens is 1. The number of hydrogen-bond donors (Lipinski definition) is 1. The fraction of sp³-hybridized carbons (Fsp3) is 0.394. The number of nitriles is 1. The fourth-order valence-corrected chi connectivity index (χ4v) is 6.63. The number of fused-ring (bicyclic) bond motifs is 2. The molecule has 0 spiro atoms. The normalized spacial score (nSPS) is 21.4. The second-order valence-electron chi connectivity index (χ2n) is 12.3. The summed E-state index contributed by atoms with van der Waals surface area (Å²) in [6.07, 6.45) is 2.99. The number of aromatic amines is 1. The summed E-state index contributed by atoms with van der Waals surface area (Å²) in [5, 5.41) is 26.3. The minimum Gasteiger partial charge on any atom is -0.444 e. The lowest BCUT2D eigenvalue weighted by molar-refractivity contribution is -0.0712. The lowest BCUT2D eigenvalue weighted by atomic mass is 9.88. The van der Waals surface area contributed by atoms with Gasteiger partial charge in [-0.1, -0.05) is 12.1 Å². The van der Waals surface area contributed by atoms with E-state index in [1.807, 2.05) is 31.2 Å². The maximum absolute atomic E-state index is 15.0. The number of aromatic nitrogens is 7. The second kappa shape index (κ2) is 11.1. The van der Waals surface area contributed by atoms with Crippen molar-refractivity contribution in [1.82, 2.24) is 39.8 Å². The Labute approximate surface area is 264 Å². The molecule has 2 fully saturated rings. The largest absolute Gasteiger partial charge is 0.444 e. The van der Waals surface area contributed by atoms with E-state index in [1.54, 1.807) is 19.1 Å². The van der Waals surface area contributed by atoms with Gasteiger partial charge in [0.2, 0.25) is 0 Å². The third kappa shape index (κ3) is 5.03. The van der Waals surface area contributed by atoms with Crippen molar-refractivity contribution in [2.24, 2.45) is 0 Å². The van der Waals surface area contributed by atoms with Crippen LogP contribution >= 0.6 is 0 Å². The zero-order valence-corrected chi connectivity index (χ0v) is 25.5. The van der Waals surface area contributed by atoms with Crippen molar-refractivity contribution in [1.29, 1.82) is 5.26 Å². The molecule has 2 atom stereocenters. The summed E-state index contributed by atoms with van der Waals surface area (Å²) in [5.74, 6) is 1.86. The van der Waals surface area contributed by atoms with Crippen LogP contribution in [0.15, 0.2) is 42.5 Å². The Morgan fingerprint density at radius 2 is 1.91 bits per heavy atom. The first-order valence-corrected chi connectivity index (χ1v) is 15.5. The topological polar surface area (TPSA) is 140 Å². The van der Waals surface area contributed by atoms with E-state index >= 15 is 0 Å². The number of aryl methyl sites for hydroxylation is 1. The van der Waals surface area contributed by atoms with Gasteiger partial charge in [0.25, 0.3) is 5.79 Å². The van der Waals surface area contributed by atoms with Gasteiger partial charge < -0.3 is 23.8 Å². The molecule has 1 N–H and O–H groups in total. The number of nitrogens with one attached hydrogen (secondary N) is 1.